The fourth-order valence-electron chi connectivity index (χ4n) is 2.65. The maximum absolute atomic E-state index is 12.3. The van der Waals surface area contributed by atoms with Gasteiger partial charge in [-0.05, 0) is 30.7 Å². The molecule has 172 valence electrons. The van der Waals surface area contributed by atoms with Gasteiger partial charge in [-0.15, -0.1) is 10.2 Å². The lowest BCUT2D eigenvalue weighted by Crippen LogP contribution is -2.43. The molecule has 0 aliphatic carbocycles. The van der Waals surface area contributed by atoms with Crippen LogP contribution in [-0.4, -0.2) is 78.4 Å². The van der Waals surface area contributed by atoms with Crippen molar-refractivity contribution in [3.05, 3.63) is 23.8 Å². The van der Waals surface area contributed by atoms with Crippen LogP contribution in [0.2, 0.25) is 0 Å². The van der Waals surface area contributed by atoms with Crippen molar-refractivity contribution in [1.82, 2.24) is 20.5 Å². The van der Waals surface area contributed by atoms with Crippen LogP contribution in [0.5, 0.6) is 11.5 Å². The number of amides is 2. The molecular formula is C19H24N6O5S2. The first kappa shape index (κ1) is 23.8. The summed E-state index contributed by atoms with van der Waals surface area (Å²) in [5.74, 6) is 0.703. The molecule has 1 fully saturated rings. The van der Waals surface area contributed by atoms with E-state index in [9.17, 15) is 9.59 Å². The van der Waals surface area contributed by atoms with Gasteiger partial charge in [0.05, 0.1) is 31.8 Å². The Morgan fingerprint density at radius 1 is 1.31 bits per heavy atom. The van der Waals surface area contributed by atoms with Gasteiger partial charge >= 0.3 is 0 Å². The Bertz CT molecular complexity index is 948. The molecule has 2 aromatic rings. The van der Waals surface area contributed by atoms with E-state index in [0.717, 1.165) is 0 Å². The zero-order valence-corrected chi connectivity index (χ0v) is 19.1. The molecule has 2 heterocycles. The summed E-state index contributed by atoms with van der Waals surface area (Å²) in [7, 11) is 0. The quantitative estimate of drug-likeness (QED) is 0.289. The van der Waals surface area contributed by atoms with E-state index in [2.05, 4.69) is 20.7 Å². The summed E-state index contributed by atoms with van der Waals surface area (Å²) in [6.45, 7) is 4.41. The molecule has 0 saturated carbocycles. The van der Waals surface area contributed by atoms with Crippen molar-refractivity contribution in [3.8, 4) is 11.5 Å². The van der Waals surface area contributed by atoms with Crippen LogP contribution >= 0.6 is 23.1 Å². The molecule has 0 radical (unpaired) electrons. The van der Waals surface area contributed by atoms with Crippen molar-refractivity contribution in [2.75, 3.05) is 51.0 Å². The average Bonchev–Trinajstić information content (AvgIpc) is 3.23. The average molecular weight is 481 g/mol. The summed E-state index contributed by atoms with van der Waals surface area (Å²) in [5, 5.41) is 11.8. The van der Waals surface area contributed by atoms with E-state index in [4.69, 9.17) is 19.9 Å². The molecule has 32 heavy (non-hydrogen) atoms. The highest BCUT2D eigenvalue weighted by Crippen LogP contribution is 2.28. The largest absolute Gasteiger partial charge is 0.490 e. The van der Waals surface area contributed by atoms with Crippen LogP contribution in [0.25, 0.3) is 0 Å². The lowest BCUT2D eigenvalue weighted by Gasteiger charge is -2.26. The second kappa shape index (κ2) is 12.2. The highest BCUT2D eigenvalue weighted by atomic mass is 32.2. The smallest absolute Gasteiger partial charge is 0.260 e. The summed E-state index contributed by atoms with van der Waals surface area (Å²) in [6.07, 6.45) is 1.50. The number of nitrogen functional groups attached to an aromatic ring is 1. The maximum atomic E-state index is 12.3. The minimum Gasteiger partial charge on any atom is -0.490 e. The number of aromatic nitrogens is 2. The van der Waals surface area contributed by atoms with Gasteiger partial charge < -0.3 is 24.8 Å². The monoisotopic (exact) mass is 480 g/mol. The number of hydrogen-bond donors (Lipinski definition) is 2. The number of benzene rings is 1. The van der Waals surface area contributed by atoms with Crippen molar-refractivity contribution >= 4 is 46.3 Å². The number of hydrogen-bond acceptors (Lipinski definition) is 11. The predicted octanol–water partition coefficient (Wildman–Crippen LogP) is 0.999. The Morgan fingerprint density at radius 2 is 2.12 bits per heavy atom. The van der Waals surface area contributed by atoms with E-state index in [1.165, 1.54) is 29.3 Å². The first-order chi connectivity index (χ1) is 15.5. The van der Waals surface area contributed by atoms with Gasteiger partial charge in [0.15, 0.2) is 22.4 Å². The van der Waals surface area contributed by atoms with Crippen LogP contribution in [0.15, 0.2) is 27.6 Å². The molecule has 1 aliphatic heterocycles. The number of nitrogens with zero attached hydrogens (tertiary/aromatic N) is 4. The topological polar surface area (TPSA) is 141 Å². The second-order valence-electron chi connectivity index (χ2n) is 6.41. The summed E-state index contributed by atoms with van der Waals surface area (Å²) in [6, 6.07) is 5.19. The van der Waals surface area contributed by atoms with Crippen LogP contribution < -0.4 is 20.6 Å². The van der Waals surface area contributed by atoms with Crippen molar-refractivity contribution in [3.63, 3.8) is 0 Å². The molecule has 2 amide bonds. The first-order valence-electron chi connectivity index (χ1n) is 9.84. The number of hydrazone groups is 1. The number of carbonyl (C=O) groups is 2. The van der Waals surface area contributed by atoms with Crippen LogP contribution in [0.1, 0.15) is 12.5 Å². The van der Waals surface area contributed by atoms with Gasteiger partial charge in [-0.1, -0.05) is 23.1 Å². The summed E-state index contributed by atoms with van der Waals surface area (Å²) >= 11 is 2.45. The molecule has 0 bridgehead atoms. The van der Waals surface area contributed by atoms with Crippen molar-refractivity contribution in [1.29, 1.82) is 0 Å². The number of ether oxygens (including phenoxy) is 3. The Morgan fingerprint density at radius 3 is 2.84 bits per heavy atom. The number of nitrogens with one attached hydrogen (secondary N) is 1. The fraction of sp³-hybridized carbons (Fsp3) is 0.421. The van der Waals surface area contributed by atoms with Crippen LogP contribution in [0.4, 0.5) is 5.13 Å². The van der Waals surface area contributed by atoms with Crippen molar-refractivity contribution < 1.29 is 23.8 Å². The van der Waals surface area contributed by atoms with Gasteiger partial charge in [-0.3, -0.25) is 9.59 Å². The molecule has 13 heteroatoms. The summed E-state index contributed by atoms with van der Waals surface area (Å²) < 4.78 is 17.2. The Labute approximate surface area is 193 Å². The van der Waals surface area contributed by atoms with Crippen molar-refractivity contribution in [2.45, 2.75) is 11.3 Å². The standard InChI is InChI=1S/C19H24N6O5S2/c1-2-29-15-9-13(10-21-22-16(26)12-31-19-24-23-18(20)32-19)3-4-14(15)30-11-17(27)25-5-7-28-8-6-25/h3-4,9-10H,2,5-8,11-12H2,1H3,(H2,20,23)(H,22,26). The van der Waals surface area contributed by atoms with Crippen molar-refractivity contribution in [2.24, 2.45) is 5.10 Å². The number of rotatable bonds is 10. The summed E-state index contributed by atoms with van der Waals surface area (Å²) in [4.78, 5) is 25.9. The van der Waals surface area contributed by atoms with E-state index in [0.29, 0.717) is 59.4 Å². The highest BCUT2D eigenvalue weighted by molar-refractivity contribution is 8.01. The van der Waals surface area contributed by atoms with Gasteiger partial charge in [-0.25, -0.2) is 5.43 Å². The van der Waals surface area contributed by atoms with Crippen LogP contribution in [0, 0.1) is 0 Å². The number of morpholine rings is 1. The van der Waals surface area contributed by atoms with Gasteiger partial charge in [0.2, 0.25) is 5.13 Å². The minimum atomic E-state index is -0.286. The zero-order valence-electron chi connectivity index (χ0n) is 17.5. The molecule has 0 spiro atoms. The van der Waals surface area contributed by atoms with Gasteiger partial charge in [0.1, 0.15) is 0 Å². The molecule has 0 unspecified atom stereocenters. The minimum absolute atomic E-state index is 0.0818. The molecule has 3 rings (SSSR count). The fourth-order valence-corrected chi connectivity index (χ4v) is 4.08. The maximum Gasteiger partial charge on any atom is 0.260 e. The van der Waals surface area contributed by atoms with Gasteiger partial charge in [0, 0.05) is 13.1 Å². The number of nitrogens with two attached hydrogens (primary N) is 1. The third-order valence-electron chi connectivity index (χ3n) is 4.13. The lowest BCUT2D eigenvalue weighted by atomic mass is 10.2. The molecule has 1 aromatic heterocycles. The normalized spacial score (nSPS) is 13.8. The van der Waals surface area contributed by atoms with E-state index in [-0.39, 0.29) is 24.2 Å². The van der Waals surface area contributed by atoms with Gasteiger partial charge in [-0.2, -0.15) is 5.10 Å². The SMILES string of the molecule is CCOc1cc(C=NNC(=O)CSc2nnc(N)s2)ccc1OCC(=O)N1CCOCC1. The van der Waals surface area contributed by atoms with Crippen LogP contribution in [0.3, 0.4) is 0 Å². The molecule has 3 N–H and O–H groups in total. The second-order valence-corrected chi connectivity index (χ2v) is 8.64. The molecular weight excluding hydrogens is 456 g/mol. The van der Waals surface area contributed by atoms with Crippen LogP contribution in [-0.2, 0) is 14.3 Å². The third-order valence-corrected chi connectivity index (χ3v) is 6.02. The predicted molar refractivity (Wildman–Crippen MR) is 121 cm³/mol. The molecule has 1 saturated heterocycles. The lowest BCUT2D eigenvalue weighted by molar-refractivity contribution is -0.137. The molecule has 0 atom stereocenters. The van der Waals surface area contributed by atoms with E-state index >= 15 is 0 Å². The molecule has 11 nitrogen and oxygen atoms in total. The Hall–Kier alpha value is -2.90. The Balaban J connectivity index is 1.51. The Kier molecular flexibility index (Phi) is 9.07. The first-order valence-corrected chi connectivity index (χ1v) is 11.6. The van der Waals surface area contributed by atoms with E-state index in [1.54, 1.807) is 23.1 Å². The highest BCUT2D eigenvalue weighted by Gasteiger charge is 2.18. The zero-order chi connectivity index (χ0) is 22.8. The number of anilines is 1. The van der Waals surface area contributed by atoms with E-state index < -0.39 is 0 Å². The van der Waals surface area contributed by atoms with Gasteiger partial charge in [0.25, 0.3) is 11.8 Å². The molecule has 1 aliphatic rings. The summed E-state index contributed by atoms with van der Waals surface area (Å²) in [5.41, 5.74) is 8.66. The molecule has 1 aromatic carbocycles. The third kappa shape index (κ3) is 7.35. The number of thioether (sulfide) groups is 1. The van der Waals surface area contributed by atoms with E-state index in [1.807, 2.05) is 6.92 Å². The number of carbonyl (C=O) groups excluding carboxylic acids is 2.